The third-order valence-electron chi connectivity index (χ3n) is 2.23. The molecule has 13 heavy (non-hydrogen) atoms. The average Bonchev–Trinajstić information content (AvgIpc) is 2.16. The van der Waals surface area contributed by atoms with Gasteiger partial charge in [-0.3, -0.25) is 10.1 Å². The molecule has 0 aromatic rings. The average molecular weight is 205 g/mol. The lowest BCUT2D eigenvalue weighted by molar-refractivity contribution is -0.144. The lowest BCUT2D eigenvalue weighted by Crippen LogP contribution is -2.56. The molecule has 1 unspecified atom stereocenters. The lowest BCUT2D eigenvalue weighted by atomic mass is 9.95. The Morgan fingerprint density at radius 3 is 2.85 bits per heavy atom. The predicted molar refractivity (Wildman–Crippen MR) is 52.0 cm³/mol. The molecule has 1 saturated heterocycles. The molecule has 0 radical (unpaired) electrons. The van der Waals surface area contributed by atoms with E-state index < -0.39 is 11.5 Å². The van der Waals surface area contributed by atoms with Gasteiger partial charge in [0.25, 0.3) is 0 Å². The number of nitrogens with one attached hydrogen (secondary N) is 1. The van der Waals surface area contributed by atoms with E-state index in [1.165, 1.54) is 0 Å². The maximum absolute atomic E-state index is 11.0. The molecule has 0 aromatic heterocycles. The summed E-state index contributed by atoms with van der Waals surface area (Å²) in [6.07, 6.45) is 1.59. The zero-order chi connectivity index (χ0) is 9.73. The van der Waals surface area contributed by atoms with Gasteiger partial charge in [0, 0.05) is 12.3 Å². The van der Waals surface area contributed by atoms with Crippen LogP contribution in [0.5, 0.6) is 0 Å². The van der Waals surface area contributed by atoms with E-state index in [9.17, 15) is 4.79 Å². The van der Waals surface area contributed by atoms with E-state index >= 15 is 0 Å². The summed E-state index contributed by atoms with van der Waals surface area (Å²) in [7, 11) is 0. The van der Waals surface area contributed by atoms with E-state index in [2.05, 4.69) is 5.32 Å². The fourth-order valence-electron chi connectivity index (χ4n) is 1.47. The van der Waals surface area contributed by atoms with Crippen LogP contribution in [0.2, 0.25) is 0 Å². The molecule has 76 valence electrons. The van der Waals surface area contributed by atoms with Gasteiger partial charge in [0.05, 0.1) is 6.61 Å². The number of β-amino-alcohol motifs (C(OH)–C–C–N with tert-alkyl or cyclic N) is 1. The Morgan fingerprint density at radius 2 is 2.38 bits per heavy atom. The van der Waals surface area contributed by atoms with Crippen molar-refractivity contribution >= 4 is 17.7 Å². The monoisotopic (exact) mass is 205 g/mol. The molecule has 0 aromatic carbocycles. The fourth-order valence-corrected chi connectivity index (χ4v) is 2.68. The number of aliphatic carboxylic acids is 1. The first kappa shape index (κ1) is 10.8. The van der Waals surface area contributed by atoms with E-state index in [-0.39, 0.29) is 6.61 Å². The Balaban J connectivity index is 2.56. The standard InChI is InChI=1S/C8H15NO3S/c10-4-3-9-8(7(11)12)2-1-5-13-6-8/h9-10H,1-6H2,(H,11,12). The van der Waals surface area contributed by atoms with Crippen molar-refractivity contribution in [2.75, 3.05) is 24.7 Å². The van der Waals surface area contributed by atoms with Gasteiger partial charge in [0.1, 0.15) is 5.54 Å². The number of carboxylic acids is 1. The van der Waals surface area contributed by atoms with Crippen LogP contribution in [0.1, 0.15) is 12.8 Å². The summed E-state index contributed by atoms with van der Waals surface area (Å²) in [4.78, 5) is 11.0. The number of aliphatic hydroxyl groups is 1. The molecular formula is C8H15NO3S. The van der Waals surface area contributed by atoms with Gasteiger partial charge in [0.15, 0.2) is 0 Å². The number of hydrogen-bond donors (Lipinski definition) is 3. The van der Waals surface area contributed by atoms with Crippen LogP contribution in [-0.2, 0) is 4.79 Å². The number of carbonyl (C=O) groups is 1. The Labute approximate surface area is 81.7 Å². The van der Waals surface area contributed by atoms with Crippen molar-refractivity contribution in [3.63, 3.8) is 0 Å². The zero-order valence-corrected chi connectivity index (χ0v) is 8.27. The minimum absolute atomic E-state index is 0.0142. The molecule has 5 heteroatoms. The van der Waals surface area contributed by atoms with Gasteiger partial charge < -0.3 is 10.2 Å². The highest BCUT2D eigenvalue weighted by molar-refractivity contribution is 7.99. The van der Waals surface area contributed by atoms with Gasteiger partial charge in [-0.1, -0.05) is 0 Å². The quantitative estimate of drug-likeness (QED) is 0.599. The maximum atomic E-state index is 11.0. The number of carboxylic acid groups (broad SMARTS) is 1. The molecule has 0 amide bonds. The highest BCUT2D eigenvalue weighted by Gasteiger charge is 2.39. The minimum atomic E-state index is -0.800. The van der Waals surface area contributed by atoms with Gasteiger partial charge in [-0.25, -0.2) is 0 Å². The Morgan fingerprint density at radius 1 is 1.62 bits per heavy atom. The molecule has 0 saturated carbocycles. The Bertz CT molecular complexity index is 180. The number of rotatable bonds is 4. The maximum Gasteiger partial charge on any atom is 0.324 e. The summed E-state index contributed by atoms with van der Waals surface area (Å²) in [5.41, 5.74) is -0.800. The molecular weight excluding hydrogens is 190 g/mol. The molecule has 1 atom stereocenters. The molecule has 1 fully saturated rings. The molecule has 0 spiro atoms. The normalized spacial score (nSPS) is 28.7. The zero-order valence-electron chi connectivity index (χ0n) is 7.45. The fraction of sp³-hybridized carbons (Fsp3) is 0.875. The number of hydrogen-bond acceptors (Lipinski definition) is 4. The number of aliphatic hydroxyl groups excluding tert-OH is 1. The summed E-state index contributed by atoms with van der Waals surface area (Å²) in [5.74, 6) is 0.839. The summed E-state index contributed by atoms with van der Waals surface area (Å²) in [6, 6.07) is 0. The molecule has 3 N–H and O–H groups in total. The van der Waals surface area contributed by atoms with E-state index in [1.54, 1.807) is 11.8 Å². The third kappa shape index (κ3) is 2.59. The first-order chi connectivity index (χ1) is 6.21. The van der Waals surface area contributed by atoms with E-state index in [1.807, 2.05) is 0 Å². The number of thioether (sulfide) groups is 1. The summed E-state index contributed by atoms with van der Waals surface area (Å²) in [6.45, 7) is 0.340. The topological polar surface area (TPSA) is 69.6 Å². The van der Waals surface area contributed by atoms with Crippen LogP contribution in [0.4, 0.5) is 0 Å². The van der Waals surface area contributed by atoms with Gasteiger partial charge in [-0.2, -0.15) is 11.8 Å². The molecule has 1 aliphatic rings. The molecule has 0 bridgehead atoms. The first-order valence-electron chi connectivity index (χ1n) is 4.38. The largest absolute Gasteiger partial charge is 0.480 e. The Kier molecular flexibility index (Phi) is 4.02. The van der Waals surface area contributed by atoms with Crippen molar-refractivity contribution in [2.24, 2.45) is 0 Å². The first-order valence-corrected chi connectivity index (χ1v) is 5.54. The van der Waals surface area contributed by atoms with Gasteiger partial charge in [-0.15, -0.1) is 0 Å². The van der Waals surface area contributed by atoms with Crippen molar-refractivity contribution in [3.05, 3.63) is 0 Å². The van der Waals surface area contributed by atoms with Crippen LogP contribution in [-0.4, -0.2) is 46.4 Å². The van der Waals surface area contributed by atoms with Crippen LogP contribution in [0, 0.1) is 0 Å². The smallest absolute Gasteiger partial charge is 0.324 e. The van der Waals surface area contributed by atoms with Crippen molar-refractivity contribution in [1.82, 2.24) is 5.32 Å². The molecule has 1 aliphatic heterocycles. The second-order valence-corrected chi connectivity index (χ2v) is 4.30. The molecule has 0 aliphatic carbocycles. The van der Waals surface area contributed by atoms with E-state index in [4.69, 9.17) is 10.2 Å². The van der Waals surface area contributed by atoms with Crippen LogP contribution in [0.25, 0.3) is 0 Å². The van der Waals surface area contributed by atoms with Crippen molar-refractivity contribution in [3.8, 4) is 0 Å². The van der Waals surface area contributed by atoms with Crippen LogP contribution in [0.15, 0.2) is 0 Å². The highest BCUT2D eigenvalue weighted by Crippen LogP contribution is 2.26. The van der Waals surface area contributed by atoms with Crippen LogP contribution < -0.4 is 5.32 Å². The van der Waals surface area contributed by atoms with Crippen molar-refractivity contribution < 1.29 is 15.0 Å². The van der Waals surface area contributed by atoms with Gasteiger partial charge >= 0.3 is 5.97 Å². The predicted octanol–water partition coefficient (Wildman–Crippen LogP) is -0.0813. The van der Waals surface area contributed by atoms with Crippen LogP contribution >= 0.6 is 11.8 Å². The second-order valence-electron chi connectivity index (χ2n) is 3.19. The Hall–Kier alpha value is -0.260. The summed E-state index contributed by atoms with van der Waals surface area (Å²) in [5, 5.41) is 20.6. The summed E-state index contributed by atoms with van der Waals surface area (Å²) >= 11 is 1.66. The van der Waals surface area contributed by atoms with Crippen molar-refractivity contribution in [2.45, 2.75) is 18.4 Å². The van der Waals surface area contributed by atoms with E-state index in [0.29, 0.717) is 18.7 Å². The molecule has 1 rings (SSSR count). The van der Waals surface area contributed by atoms with Crippen LogP contribution in [0.3, 0.4) is 0 Å². The third-order valence-corrected chi connectivity index (χ3v) is 3.50. The minimum Gasteiger partial charge on any atom is -0.480 e. The molecule has 1 heterocycles. The molecule has 4 nitrogen and oxygen atoms in total. The summed E-state index contributed by atoms with van der Waals surface area (Å²) < 4.78 is 0. The van der Waals surface area contributed by atoms with Gasteiger partial charge in [0.2, 0.25) is 0 Å². The SMILES string of the molecule is O=C(O)C1(NCCO)CCCSC1. The second kappa shape index (κ2) is 4.83. The highest BCUT2D eigenvalue weighted by atomic mass is 32.2. The lowest BCUT2D eigenvalue weighted by Gasteiger charge is -2.33. The van der Waals surface area contributed by atoms with E-state index in [0.717, 1.165) is 12.2 Å². The van der Waals surface area contributed by atoms with Crippen molar-refractivity contribution in [1.29, 1.82) is 0 Å². The van der Waals surface area contributed by atoms with Gasteiger partial charge in [-0.05, 0) is 18.6 Å².